The van der Waals surface area contributed by atoms with E-state index < -0.39 is 10.0 Å². The second-order valence-corrected chi connectivity index (χ2v) is 8.92. The number of carbonyl (C=O) groups excluding carboxylic acids is 1. The van der Waals surface area contributed by atoms with Gasteiger partial charge in [0.25, 0.3) is 5.91 Å². The fourth-order valence-electron chi connectivity index (χ4n) is 3.38. The highest BCUT2D eigenvalue weighted by Gasteiger charge is 2.25. The summed E-state index contributed by atoms with van der Waals surface area (Å²) in [4.78, 5) is 14.9. The topological polar surface area (TPSA) is 69.7 Å². The smallest absolute Gasteiger partial charge is 0.251 e. The van der Waals surface area contributed by atoms with E-state index in [-0.39, 0.29) is 10.8 Å². The lowest BCUT2D eigenvalue weighted by Crippen LogP contribution is -2.32. The van der Waals surface area contributed by atoms with Crippen LogP contribution in [0.25, 0.3) is 0 Å². The first-order valence-electron chi connectivity index (χ1n) is 10.1. The van der Waals surface area contributed by atoms with E-state index in [1.807, 2.05) is 0 Å². The molecule has 1 aromatic rings. The molecule has 0 aliphatic carbocycles. The fourth-order valence-corrected chi connectivity index (χ4v) is 4.94. The number of carbonyl (C=O) groups is 1. The van der Waals surface area contributed by atoms with E-state index in [0.717, 1.165) is 51.7 Å². The Morgan fingerprint density at radius 3 is 2.41 bits per heavy atom. The minimum atomic E-state index is -3.54. The van der Waals surface area contributed by atoms with E-state index in [1.54, 1.807) is 22.5 Å². The van der Waals surface area contributed by atoms with Gasteiger partial charge >= 0.3 is 0 Å². The first kappa shape index (κ1) is 21.9. The Balaban J connectivity index is 1.98. The lowest BCUT2D eigenvalue weighted by atomic mass is 10.2. The summed E-state index contributed by atoms with van der Waals surface area (Å²) >= 11 is 0. The first-order valence-corrected chi connectivity index (χ1v) is 11.5. The molecule has 1 amide bonds. The molecule has 1 aliphatic rings. The molecule has 0 atom stereocenters. The van der Waals surface area contributed by atoms with Gasteiger partial charge in [0.2, 0.25) is 10.0 Å². The molecule has 0 radical (unpaired) electrons. The number of sulfonamides is 1. The fraction of sp³-hybridized carbons (Fsp3) is 0.650. The van der Waals surface area contributed by atoms with Crippen LogP contribution >= 0.6 is 0 Å². The standard InChI is InChI=1S/C20H33N3O3S/c1-3-22(4-2)14-10-13-21-20(24)18-11-9-12-19(17-18)27(25,26)23-15-7-5-6-8-16-23/h9,11-12,17H,3-8,10,13-16H2,1-2H3,(H,21,24). The highest BCUT2D eigenvalue weighted by molar-refractivity contribution is 7.89. The van der Waals surface area contributed by atoms with E-state index >= 15 is 0 Å². The van der Waals surface area contributed by atoms with Crippen LogP contribution < -0.4 is 5.32 Å². The van der Waals surface area contributed by atoms with Crippen LogP contribution in [-0.4, -0.2) is 62.8 Å². The van der Waals surface area contributed by atoms with Crippen molar-refractivity contribution in [3.63, 3.8) is 0 Å². The van der Waals surface area contributed by atoms with Gasteiger partial charge in [-0.2, -0.15) is 4.31 Å². The summed E-state index contributed by atoms with van der Waals surface area (Å²) in [6, 6.07) is 6.40. The molecule has 0 spiro atoms. The van der Waals surface area contributed by atoms with Gasteiger partial charge in [-0.1, -0.05) is 32.8 Å². The Kier molecular flexibility index (Phi) is 8.73. The van der Waals surface area contributed by atoms with Crippen molar-refractivity contribution in [1.29, 1.82) is 0 Å². The van der Waals surface area contributed by atoms with Crippen LogP contribution in [-0.2, 0) is 10.0 Å². The maximum absolute atomic E-state index is 12.9. The Morgan fingerprint density at radius 2 is 1.78 bits per heavy atom. The minimum absolute atomic E-state index is 0.209. The Bertz CT molecular complexity index is 694. The number of amides is 1. The maximum atomic E-state index is 12.9. The van der Waals surface area contributed by atoms with Crippen LogP contribution in [0.4, 0.5) is 0 Å². The summed E-state index contributed by atoms with van der Waals surface area (Å²) in [7, 11) is -3.54. The zero-order valence-corrected chi connectivity index (χ0v) is 17.4. The molecule has 1 saturated heterocycles. The second kappa shape index (κ2) is 10.8. The van der Waals surface area contributed by atoms with Crippen LogP contribution in [0.1, 0.15) is 56.3 Å². The monoisotopic (exact) mass is 395 g/mol. The SMILES string of the molecule is CCN(CC)CCCNC(=O)c1cccc(S(=O)(=O)N2CCCCCC2)c1. The van der Waals surface area contributed by atoms with Crippen LogP contribution in [0.2, 0.25) is 0 Å². The summed E-state index contributed by atoms with van der Waals surface area (Å²) < 4.78 is 27.4. The number of rotatable bonds is 9. The summed E-state index contributed by atoms with van der Waals surface area (Å²) in [5.74, 6) is -0.220. The summed E-state index contributed by atoms with van der Waals surface area (Å²) in [6.07, 6.45) is 4.81. The highest BCUT2D eigenvalue weighted by Crippen LogP contribution is 2.21. The molecule has 0 unspecified atom stereocenters. The van der Waals surface area contributed by atoms with Gasteiger partial charge in [0.1, 0.15) is 0 Å². The maximum Gasteiger partial charge on any atom is 0.251 e. The average Bonchev–Trinajstić information content (AvgIpc) is 2.98. The van der Waals surface area contributed by atoms with Crippen molar-refractivity contribution in [3.05, 3.63) is 29.8 Å². The second-order valence-electron chi connectivity index (χ2n) is 6.98. The molecule has 27 heavy (non-hydrogen) atoms. The molecule has 1 heterocycles. The molecular formula is C20H33N3O3S. The Hall–Kier alpha value is -1.44. The van der Waals surface area contributed by atoms with Crippen molar-refractivity contribution in [2.45, 2.75) is 50.8 Å². The molecule has 152 valence electrons. The molecule has 6 nitrogen and oxygen atoms in total. The minimum Gasteiger partial charge on any atom is -0.352 e. The highest BCUT2D eigenvalue weighted by atomic mass is 32.2. The van der Waals surface area contributed by atoms with Crippen LogP contribution in [0.5, 0.6) is 0 Å². The number of hydrogen-bond acceptors (Lipinski definition) is 4. The Labute approximate surface area is 164 Å². The predicted molar refractivity (Wildman–Crippen MR) is 108 cm³/mol. The van der Waals surface area contributed by atoms with Gasteiger partial charge in [-0.3, -0.25) is 4.79 Å². The van der Waals surface area contributed by atoms with E-state index in [1.165, 1.54) is 6.07 Å². The molecule has 1 fully saturated rings. The van der Waals surface area contributed by atoms with Crippen LogP contribution in [0, 0.1) is 0 Å². The van der Waals surface area contributed by atoms with Crippen molar-refractivity contribution in [3.8, 4) is 0 Å². The average molecular weight is 396 g/mol. The van der Waals surface area contributed by atoms with Crippen molar-refractivity contribution in [1.82, 2.24) is 14.5 Å². The van der Waals surface area contributed by atoms with Crippen molar-refractivity contribution in [2.24, 2.45) is 0 Å². The van der Waals surface area contributed by atoms with Gasteiger partial charge in [0.15, 0.2) is 0 Å². The third-order valence-electron chi connectivity index (χ3n) is 5.13. The zero-order chi connectivity index (χ0) is 19.7. The van der Waals surface area contributed by atoms with E-state index in [4.69, 9.17) is 0 Å². The molecule has 0 saturated carbocycles. The van der Waals surface area contributed by atoms with Gasteiger partial charge < -0.3 is 10.2 Å². The molecule has 2 rings (SSSR count). The molecule has 7 heteroatoms. The van der Waals surface area contributed by atoms with Crippen molar-refractivity contribution < 1.29 is 13.2 Å². The third-order valence-corrected chi connectivity index (χ3v) is 7.02. The van der Waals surface area contributed by atoms with Crippen molar-refractivity contribution >= 4 is 15.9 Å². The molecule has 1 N–H and O–H groups in total. The normalized spacial score (nSPS) is 16.3. The number of hydrogen-bond donors (Lipinski definition) is 1. The van der Waals surface area contributed by atoms with Gasteiger partial charge in [0, 0.05) is 25.2 Å². The summed E-state index contributed by atoms with van der Waals surface area (Å²) in [5.41, 5.74) is 0.397. The lowest BCUT2D eigenvalue weighted by Gasteiger charge is -2.20. The van der Waals surface area contributed by atoms with E-state index in [2.05, 4.69) is 24.1 Å². The molecule has 1 aromatic carbocycles. The Morgan fingerprint density at radius 1 is 1.11 bits per heavy atom. The van der Waals surface area contributed by atoms with Crippen LogP contribution in [0.3, 0.4) is 0 Å². The first-order chi connectivity index (χ1) is 13.0. The van der Waals surface area contributed by atoms with Gasteiger partial charge in [0.05, 0.1) is 4.90 Å². The largest absolute Gasteiger partial charge is 0.352 e. The van der Waals surface area contributed by atoms with Gasteiger partial charge in [-0.25, -0.2) is 8.42 Å². The summed E-state index contributed by atoms with van der Waals surface area (Å²) in [6.45, 7) is 8.89. The lowest BCUT2D eigenvalue weighted by molar-refractivity contribution is 0.0951. The molecule has 0 aromatic heterocycles. The van der Waals surface area contributed by atoms with E-state index in [0.29, 0.717) is 25.2 Å². The molecule has 0 bridgehead atoms. The molecular weight excluding hydrogens is 362 g/mol. The molecule has 1 aliphatic heterocycles. The number of benzene rings is 1. The predicted octanol–water partition coefficient (Wildman–Crippen LogP) is 2.71. The number of nitrogens with one attached hydrogen (secondary N) is 1. The van der Waals surface area contributed by atoms with Gasteiger partial charge in [-0.15, -0.1) is 0 Å². The van der Waals surface area contributed by atoms with Gasteiger partial charge in [-0.05, 0) is 57.1 Å². The van der Waals surface area contributed by atoms with Crippen molar-refractivity contribution in [2.75, 3.05) is 39.3 Å². The van der Waals surface area contributed by atoms with E-state index in [9.17, 15) is 13.2 Å². The number of nitrogens with zero attached hydrogens (tertiary/aromatic N) is 2. The van der Waals surface area contributed by atoms with Crippen LogP contribution in [0.15, 0.2) is 29.2 Å². The zero-order valence-electron chi connectivity index (χ0n) is 16.6. The quantitative estimate of drug-likeness (QED) is 0.653. The summed E-state index contributed by atoms with van der Waals surface area (Å²) in [5, 5.41) is 2.90. The third kappa shape index (κ3) is 6.30.